The highest BCUT2D eigenvalue weighted by molar-refractivity contribution is 14.1. The fourth-order valence-corrected chi connectivity index (χ4v) is 2.91. The van der Waals surface area contributed by atoms with Crippen LogP contribution in [0.1, 0.15) is 18.1 Å². The molecular formula is C18H13ClINO3. The van der Waals surface area contributed by atoms with Gasteiger partial charge >= 0.3 is 5.97 Å². The van der Waals surface area contributed by atoms with Crippen molar-refractivity contribution in [3.05, 3.63) is 67.9 Å². The number of halogens is 2. The molecule has 0 radical (unpaired) electrons. The number of cyclic esters (lactones) is 1. The van der Waals surface area contributed by atoms with Crippen LogP contribution in [0.25, 0.3) is 6.08 Å². The molecule has 3 rings (SSSR count). The number of esters is 1. The topological polar surface area (TPSA) is 47.9 Å². The highest BCUT2D eigenvalue weighted by atomic mass is 127. The Morgan fingerprint density at radius 1 is 1.29 bits per heavy atom. The van der Waals surface area contributed by atoms with Crippen LogP contribution in [0, 0.1) is 3.57 Å². The number of carbonyl (C=O) groups is 1. The van der Waals surface area contributed by atoms with Gasteiger partial charge in [0.05, 0.1) is 17.2 Å². The van der Waals surface area contributed by atoms with Crippen molar-refractivity contribution in [2.45, 2.75) is 6.92 Å². The Balaban J connectivity index is 1.99. The van der Waals surface area contributed by atoms with E-state index < -0.39 is 5.97 Å². The van der Waals surface area contributed by atoms with E-state index in [0.717, 1.165) is 9.13 Å². The number of ether oxygens (including phenoxy) is 2. The molecule has 0 amide bonds. The Kier molecular flexibility index (Phi) is 5.20. The lowest BCUT2D eigenvalue weighted by Gasteiger charge is -2.06. The third kappa shape index (κ3) is 3.62. The molecule has 0 bridgehead atoms. The van der Waals surface area contributed by atoms with Crippen molar-refractivity contribution < 1.29 is 14.3 Å². The molecule has 1 heterocycles. The van der Waals surface area contributed by atoms with Crippen LogP contribution in [-0.2, 0) is 9.53 Å². The molecule has 0 fully saturated rings. The van der Waals surface area contributed by atoms with Gasteiger partial charge in [-0.25, -0.2) is 9.79 Å². The quantitative estimate of drug-likeness (QED) is 0.383. The van der Waals surface area contributed by atoms with Crippen molar-refractivity contribution >= 4 is 52.1 Å². The molecule has 122 valence electrons. The van der Waals surface area contributed by atoms with Crippen LogP contribution >= 0.6 is 34.2 Å². The molecule has 0 N–H and O–H groups in total. The number of rotatable bonds is 4. The van der Waals surface area contributed by atoms with E-state index in [2.05, 4.69) is 27.6 Å². The van der Waals surface area contributed by atoms with Crippen LogP contribution in [-0.4, -0.2) is 18.5 Å². The second-order valence-corrected chi connectivity index (χ2v) is 6.58. The van der Waals surface area contributed by atoms with Gasteiger partial charge in [0.25, 0.3) is 0 Å². The van der Waals surface area contributed by atoms with Crippen LogP contribution in [0.5, 0.6) is 5.75 Å². The first kappa shape index (κ1) is 17.0. The zero-order valence-corrected chi connectivity index (χ0v) is 15.7. The van der Waals surface area contributed by atoms with Gasteiger partial charge in [0.1, 0.15) is 5.75 Å². The van der Waals surface area contributed by atoms with Crippen molar-refractivity contribution in [2.75, 3.05) is 6.61 Å². The minimum absolute atomic E-state index is 0.212. The van der Waals surface area contributed by atoms with Crippen molar-refractivity contribution in [1.82, 2.24) is 0 Å². The Labute approximate surface area is 158 Å². The fourth-order valence-electron chi connectivity index (χ4n) is 2.22. The molecule has 0 atom stereocenters. The lowest BCUT2D eigenvalue weighted by atomic mass is 10.1. The van der Waals surface area contributed by atoms with Crippen molar-refractivity contribution in [3.8, 4) is 5.75 Å². The van der Waals surface area contributed by atoms with E-state index in [9.17, 15) is 4.79 Å². The summed E-state index contributed by atoms with van der Waals surface area (Å²) in [4.78, 5) is 16.4. The number of aliphatic imine (C=N–C) groups is 1. The average molecular weight is 454 g/mol. The maximum atomic E-state index is 12.1. The second-order valence-electron chi connectivity index (χ2n) is 4.93. The molecule has 4 nitrogen and oxygen atoms in total. The molecular weight excluding hydrogens is 441 g/mol. The molecule has 2 aromatic rings. The summed E-state index contributed by atoms with van der Waals surface area (Å²) in [7, 11) is 0. The normalized spacial score (nSPS) is 15.4. The summed E-state index contributed by atoms with van der Waals surface area (Å²) in [6.07, 6.45) is 1.65. The highest BCUT2D eigenvalue weighted by Gasteiger charge is 2.26. The minimum Gasteiger partial charge on any atom is -0.493 e. The monoisotopic (exact) mass is 453 g/mol. The molecule has 0 saturated carbocycles. The summed E-state index contributed by atoms with van der Waals surface area (Å²) in [6, 6.07) is 12.9. The van der Waals surface area contributed by atoms with Crippen molar-refractivity contribution in [2.24, 2.45) is 4.99 Å². The average Bonchev–Trinajstić information content (AvgIpc) is 2.92. The Morgan fingerprint density at radius 3 is 2.88 bits per heavy atom. The van der Waals surface area contributed by atoms with E-state index in [4.69, 9.17) is 21.1 Å². The fraction of sp³-hybridized carbons (Fsp3) is 0.111. The molecule has 0 spiro atoms. The molecule has 1 aliphatic heterocycles. The van der Waals surface area contributed by atoms with Crippen LogP contribution < -0.4 is 4.74 Å². The summed E-state index contributed by atoms with van der Waals surface area (Å²) >= 11 is 8.35. The Bertz CT molecular complexity index is 861. The largest absolute Gasteiger partial charge is 0.493 e. The van der Waals surface area contributed by atoms with Gasteiger partial charge in [-0.15, -0.1) is 0 Å². The lowest BCUT2D eigenvalue weighted by molar-refractivity contribution is -0.129. The van der Waals surface area contributed by atoms with Gasteiger partial charge in [-0.05, 0) is 59.9 Å². The van der Waals surface area contributed by atoms with Gasteiger partial charge in [0.2, 0.25) is 5.90 Å². The summed E-state index contributed by atoms with van der Waals surface area (Å²) in [5.41, 5.74) is 1.58. The molecule has 1 aliphatic rings. The van der Waals surface area contributed by atoms with Gasteiger partial charge in [-0.1, -0.05) is 29.8 Å². The molecule has 2 aromatic carbocycles. The van der Waals surface area contributed by atoms with E-state index in [1.54, 1.807) is 12.1 Å². The molecule has 0 aromatic heterocycles. The van der Waals surface area contributed by atoms with E-state index >= 15 is 0 Å². The molecule has 0 unspecified atom stereocenters. The number of nitrogens with zero attached hydrogens (tertiary/aromatic N) is 1. The van der Waals surface area contributed by atoms with Crippen LogP contribution in [0.2, 0.25) is 5.02 Å². The maximum absolute atomic E-state index is 12.1. The smallest absolute Gasteiger partial charge is 0.363 e. The Morgan fingerprint density at radius 2 is 2.08 bits per heavy atom. The maximum Gasteiger partial charge on any atom is 0.363 e. The Hall–Kier alpha value is -1.86. The summed E-state index contributed by atoms with van der Waals surface area (Å²) in [6.45, 7) is 2.44. The zero-order valence-electron chi connectivity index (χ0n) is 12.8. The predicted molar refractivity (Wildman–Crippen MR) is 102 cm³/mol. The van der Waals surface area contributed by atoms with Gasteiger partial charge in [0, 0.05) is 9.13 Å². The van der Waals surface area contributed by atoms with E-state index in [1.165, 1.54) is 0 Å². The standard InChI is InChI=1S/C18H13ClINO3/c1-2-23-16-6-4-3-5-11(16)9-15-18(22)24-17(21-15)13-10-12(20)7-8-14(13)19/h3-10H,2H2,1H3. The summed E-state index contributed by atoms with van der Waals surface area (Å²) < 4.78 is 11.8. The summed E-state index contributed by atoms with van der Waals surface area (Å²) in [5, 5.41) is 0.484. The first-order valence-electron chi connectivity index (χ1n) is 7.28. The number of hydrogen-bond acceptors (Lipinski definition) is 4. The van der Waals surface area contributed by atoms with Gasteiger partial charge in [-0.2, -0.15) is 0 Å². The van der Waals surface area contributed by atoms with E-state index in [1.807, 2.05) is 43.3 Å². The van der Waals surface area contributed by atoms with Crippen molar-refractivity contribution in [1.29, 1.82) is 0 Å². The number of carbonyl (C=O) groups excluding carboxylic acids is 1. The summed E-state index contributed by atoms with van der Waals surface area (Å²) in [5.74, 6) is 0.395. The molecule has 6 heteroatoms. The number of hydrogen-bond donors (Lipinski definition) is 0. The third-order valence-corrected chi connectivity index (χ3v) is 4.29. The first-order valence-corrected chi connectivity index (χ1v) is 8.74. The van der Waals surface area contributed by atoms with Crippen LogP contribution in [0.4, 0.5) is 0 Å². The first-order chi connectivity index (χ1) is 11.6. The zero-order chi connectivity index (χ0) is 17.1. The number of benzene rings is 2. The minimum atomic E-state index is -0.508. The predicted octanol–water partition coefficient (Wildman–Crippen LogP) is 4.69. The molecule has 0 saturated heterocycles. The van der Waals surface area contributed by atoms with E-state index in [0.29, 0.717) is 22.9 Å². The van der Waals surface area contributed by atoms with Gasteiger partial charge in [-0.3, -0.25) is 0 Å². The van der Waals surface area contributed by atoms with Gasteiger partial charge in [0.15, 0.2) is 5.70 Å². The SMILES string of the molecule is CCOc1ccccc1C=C1N=C(c2cc(I)ccc2Cl)OC1=O. The van der Waals surface area contributed by atoms with Crippen molar-refractivity contribution in [3.63, 3.8) is 0 Å². The van der Waals surface area contributed by atoms with Crippen LogP contribution in [0.15, 0.2) is 53.2 Å². The van der Waals surface area contributed by atoms with E-state index in [-0.39, 0.29) is 11.6 Å². The third-order valence-electron chi connectivity index (χ3n) is 3.29. The van der Waals surface area contributed by atoms with Crippen LogP contribution in [0.3, 0.4) is 0 Å². The lowest BCUT2D eigenvalue weighted by Crippen LogP contribution is -2.06. The highest BCUT2D eigenvalue weighted by Crippen LogP contribution is 2.27. The number of para-hydroxylation sites is 1. The molecule has 24 heavy (non-hydrogen) atoms. The second kappa shape index (κ2) is 7.36. The van der Waals surface area contributed by atoms with Gasteiger partial charge < -0.3 is 9.47 Å². The molecule has 0 aliphatic carbocycles.